The van der Waals surface area contributed by atoms with Crippen molar-refractivity contribution in [3.63, 3.8) is 0 Å². The zero-order valence-electron chi connectivity index (χ0n) is 11.3. The molecule has 1 heterocycles. The van der Waals surface area contributed by atoms with Gasteiger partial charge in [0.25, 0.3) is 0 Å². The standard InChI is InChI=1S/C15H18O3S/c1-10-4-5-13(17-2)11(8-10)9-12(16)15-14(18-3)6-7-19-15/h4-8,12,16H,9H2,1-3H3. The van der Waals surface area contributed by atoms with Gasteiger partial charge in [0.15, 0.2) is 0 Å². The van der Waals surface area contributed by atoms with Gasteiger partial charge in [0, 0.05) is 6.42 Å². The minimum atomic E-state index is -0.578. The third-order valence-electron chi connectivity index (χ3n) is 3.03. The minimum absolute atomic E-state index is 0.516. The van der Waals surface area contributed by atoms with Gasteiger partial charge in [-0.3, -0.25) is 0 Å². The van der Waals surface area contributed by atoms with Crippen molar-refractivity contribution in [2.24, 2.45) is 0 Å². The van der Waals surface area contributed by atoms with Gasteiger partial charge in [-0.1, -0.05) is 17.7 Å². The lowest BCUT2D eigenvalue weighted by Crippen LogP contribution is -2.03. The van der Waals surface area contributed by atoms with E-state index in [1.807, 2.05) is 36.6 Å². The highest BCUT2D eigenvalue weighted by Gasteiger charge is 2.17. The first kappa shape index (κ1) is 13.9. The summed E-state index contributed by atoms with van der Waals surface area (Å²) in [5.74, 6) is 1.55. The van der Waals surface area contributed by atoms with Crippen LogP contribution in [0.1, 0.15) is 22.1 Å². The third kappa shape index (κ3) is 3.08. The van der Waals surface area contributed by atoms with Gasteiger partial charge in [-0.05, 0) is 30.0 Å². The molecule has 0 saturated carbocycles. The second-order valence-electron chi connectivity index (χ2n) is 4.39. The number of hydrogen-bond acceptors (Lipinski definition) is 4. The Labute approximate surface area is 117 Å². The van der Waals surface area contributed by atoms with Crippen LogP contribution >= 0.6 is 11.3 Å². The molecule has 0 spiro atoms. The maximum Gasteiger partial charge on any atom is 0.135 e. The number of hydrogen-bond donors (Lipinski definition) is 1. The lowest BCUT2D eigenvalue weighted by Gasteiger charge is -2.14. The van der Waals surface area contributed by atoms with Crippen molar-refractivity contribution in [3.8, 4) is 11.5 Å². The number of aliphatic hydroxyl groups excluding tert-OH is 1. The molecule has 19 heavy (non-hydrogen) atoms. The molecule has 2 rings (SSSR count). The van der Waals surface area contributed by atoms with Gasteiger partial charge in [-0.15, -0.1) is 11.3 Å². The number of aryl methyl sites for hydroxylation is 1. The lowest BCUT2D eigenvalue weighted by molar-refractivity contribution is 0.177. The summed E-state index contributed by atoms with van der Waals surface area (Å²) in [5.41, 5.74) is 2.16. The van der Waals surface area contributed by atoms with E-state index in [1.54, 1.807) is 14.2 Å². The van der Waals surface area contributed by atoms with Crippen LogP contribution in [0.15, 0.2) is 29.6 Å². The number of rotatable bonds is 5. The van der Waals surface area contributed by atoms with Crippen molar-refractivity contribution < 1.29 is 14.6 Å². The highest BCUT2D eigenvalue weighted by Crippen LogP contribution is 2.34. The summed E-state index contributed by atoms with van der Waals surface area (Å²) in [6, 6.07) is 7.85. The molecule has 102 valence electrons. The molecule has 1 unspecified atom stereocenters. The Morgan fingerprint density at radius 3 is 2.58 bits per heavy atom. The molecule has 0 bridgehead atoms. The van der Waals surface area contributed by atoms with E-state index >= 15 is 0 Å². The maximum absolute atomic E-state index is 10.4. The van der Waals surface area contributed by atoms with Crippen LogP contribution in [-0.2, 0) is 6.42 Å². The molecule has 1 N–H and O–H groups in total. The monoisotopic (exact) mass is 278 g/mol. The fourth-order valence-electron chi connectivity index (χ4n) is 2.09. The van der Waals surface area contributed by atoms with Crippen LogP contribution in [0.4, 0.5) is 0 Å². The van der Waals surface area contributed by atoms with Gasteiger partial charge in [0.1, 0.15) is 11.5 Å². The highest BCUT2D eigenvalue weighted by molar-refractivity contribution is 7.10. The second-order valence-corrected chi connectivity index (χ2v) is 5.34. The minimum Gasteiger partial charge on any atom is -0.496 e. The average molecular weight is 278 g/mol. The van der Waals surface area contributed by atoms with E-state index in [0.717, 1.165) is 27.5 Å². The number of aliphatic hydroxyl groups is 1. The molecule has 0 aliphatic carbocycles. The summed E-state index contributed by atoms with van der Waals surface area (Å²) in [6.45, 7) is 2.03. The molecule has 0 fully saturated rings. The molecular weight excluding hydrogens is 260 g/mol. The van der Waals surface area contributed by atoms with E-state index in [4.69, 9.17) is 9.47 Å². The first-order valence-electron chi connectivity index (χ1n) is 6.08. The smallest absolute Gasteiger partial charge is 0.135 e. The van der Waals surface area contributed by atoms with Crippen LogP contribution < -0.4 is 9.47 Å². The Morgan fingerprint density at radius 2 is 1.89 bits per heavy atom. The average Bonchev–Trinajstić information content (AvgIpc) is 2.87. The Kier molecular flexibility index (Phi) is 4.45. The van der Waals surface area contributed by atoms with Crippen molar-refractivity contribution in [2.45, 2.75) is 19.4 Å². The maximum atomic E-state index is 10.4. The quantitative estimate of drug-likeness (QED) is 0.911. The van der Waals surface area contributed by atoms with Gasteiger partial charge in [0.05, 0.1) is 25.2 Å². The van der Waals surface area contributed by atoms with E-state index < -0.39 is 6.10 Å². The van der Waals surface area contributed by atoms with Crippen molar-refractivity contribution in [3.05, 3.63) is 45.6 Å². The third-order valence-corrected chi connectivity index (χ3v) is 4.03. The molecule has 0 amide bonds. The van der Waals surface area contributed by atoms with Gasteiger partial charge in [-0.25, -0.2) is 0 Å². The van der Waals surface area contributed by atoms with Gasteiger partial charge in [0.2, 0.25) is 0 Å². The molecule has 0 radical (unpaired) electrons. The van der Waals surface area contributed by atoms with E-state index in [0.29, 0.717) is 6.42 Å². The topological polar surface area (TPSA) is 38.7 Å². The van der Waals surface area contributed by atoms with Gasteiger partial charge < -0.3 is 14.6 Å². The summed E-state index contributed by atoms with van der Waals surface area (Å²) in [4.78, 5) is 0.853. The van der Waals surface area contributed by atoms with E-state index in [1.165, 1.54) is 11.3 Å². The largest absolute Gasteiger partial charge is 0.496 e. The van der Waals surface area contributed by atoms with Crippen LogP contribution in [0.3, 0.4) is 0 Å². The van der Waals surface area contributed by atoms with Gasteiger partial charge >= 0.3 is 0 Å². The molecule has 0 saturated heterocycles. The summed E-state index contributed by atoms with van der Waals surface area (Å²) in [6.07, 6.45) is -0.0625. The zero-order chi connectivity index (χ0) is 13.8. The Balaban J connectivity index is 2.23. The molecule has 4 heteroatoms. The highest BCUT2D eigenvalue weighted by atomic mass is 32.1. The lowest BCUT2D eigenvalue weighted by atomic mass is 10.0. The van der Waals surface area contributed by atoms with Crippen LogP contribution in [0.2, 0.25) is 0 Å². The molecular formula is C15H18O3S. The number of ether oxygens (including phenoxy) is 2. The molecule has 2 aromatic rings. The number of methoxy groups -OCH3 is 2. The summed E-state index contributed by atoms with van der Waals surface area (Å²) >= 11 is 1.50. The number of benzene rings is 1. The summed E-state index contributed by atoms with van der Waals surface area (Å²) in [7, 11) is 3.26. The fraction of sp³-hybridized carbons (Fsp3) is 0.333. The zero-order valence-corrected chi connectivity index (χ0v) is 12.2. The predicted molar refractivity (Wildman–Crippen MR) is 77.3 cm³/mol. The SMILES string of the molecule is COc1ccc(C)cc1CC(O)c1sccc1OC. The number of thiophene rings is 1. The van der Waals surface area contributed by atoms with E-state index in [2.05, 4.69) is 0 Å². The van der Waals surface area contributed by atoms with Crippen molar-refractivity contribution >= 4 is 11.3 Å². The van der Waals surface area contributed by atoms with Crippen LogP contribution in [0.5, 0.6) is 11.5 Å². The van der Waals surface area contributed by atoms with Gasteiger partial charge in [-0.2, -0.15) is 0 Å². The second kappa shape index (κ2) is 6.08. The molecule has 1 atom stereocenters. The normalized spacial score (nSPS) is 12.2. The Bertz CT molecular complexity index is 548. The first-order chi connectivity index (χ1) is 9.15. The van der Waals surface area contributed by atoms with Crippen molar-refractivity contribution in [2.75, 3.05) is 14.2 Å². The molecule has 1 aromatic heterocycles. The van der Waals surface area contributed by atoms with Crippen molar-refractivity contribution in [1.29, 1.82) is 0 Å². The molecule has 0 aliphatic rings. The summed E-state index contributed by atoms with van der Waals surface area (Å²) in [5, 5.41) is 12.3. The van der Waals surface area contributed by atoms with Crippen molar-refractivity contribution in [1.82, 2.24) is 0 Å². The van der Waals surface area contributed by atoms with E-state index in [9.17, 15) is 5.11 Å². The van der Waals surface area contributed by atoms with E-state index in [-0.39, 0.29) is 0 Å². The molecule has 3 nitrogen and oxygen atoms in total. The van der Waals surface area contributed by atoms with Crippen LogP contribution in [0, 0.1) is 6.92 Å². The summed E-state index contributed by atoms with van der Waals surface area (Å²) < 4.78 is 10.6. The predicted octanol–water partition coefficient (Wildman–Crippen LogP) is 3.35. The van der Waals surface area contributed by atoms with Crippen LogP contribution in [-0.4, -0.2) is 19.3 Å². The Hall–Kier alpha value is -1.52. The molecule has 0 aliphatic heterocycles. The fourth-order valence-corrected chi connectivity index (χ4v) is 2.93. The Morgan fingerprint density at radius 1 is 1.16 bits per heavy atom. The first-order valence-corrected chi connectivity index (χ1v) is 6.96. The molecule has 1 aromatic carbocycles. The van der Waals surface area contributed by atoms with Crippen LogP contribution in [0.25, 0.3) is 0 Å².